The smallest absolute Gasteiger partial charge is 0.148 e. The van der Waals surface area contributed by atoms with Crippen molar-refractivity contribution < 1.29 is 9.52 Å². The molecule has 2 heterocycles. The molecule has 2 bridgehead atoms. The second kappa shape index (κ2) is 6.73. The lowest BCUT2D eigenvalue weighted by Gasteiger charge is -2.31. The van der Waals surface area contributed by atoms with Crippen molar-refractivity contribution in [2.24, 2.45) is 11.8 Å². The lowest BCUT2D eigenvalue weighted by molar-refractivity contribution is 0.0349. The molecule has 1 aliphatic carbocycles. The van der Waals surface area contributed by atoms with E-state index in [0.29, 0.717) is 12.2 Å². The number of likely N-dealkylation sites (tertiary alicyclic amines) is 1. The highest BCUT2D eigenvalue weighted by Crippen LogP contribution is 2.38. The summed E-state index contributed by atoms with van der Waals surface area (Å²) in [4.78, 5) is 2.56. The Bertz CT molecular complexity index is 639. The van der Waals surface area contributed by atoms with Crippen molar-refractivity contribution in [3.63, 3.8) is 0 Å². The van der Waals surface area contributed by atoms with Gasteiger partial charge in [-0.15, -0.1) is 0 Å². The van der Waals surface area contributed by atoms with Gasteiger partial charge < -0.3 is 14.4 Å². The van der Waals surface area contributed by atoms with Crippen LogP contribution in [0.3, 0.4) is 0 Å². The summed E-state index contributed by atoms with van der Waals surface area (Å²) in [5, 5.41) is 11.5. The first-order valence-electron chi connectivity index (χ1n) is 9.28. The third kappa shape index (κ3) is 3.15. The zero-order valence-electron chi connectivity index (χ0n) is 14.2. The number of fused-ring (bicyclic) bond motifs is 2. The van der Waals surface area contributed by atoms with Gasteiger partial charge in [0.15, 0.2) is 0 Å². The molecule has 1 aromatic heterocycles. The molecule has 2 aliphatic rings. The molecule has 3 nitrogen and oxygen atoms in total. The Hall–Kier alpha value is -1.58. The van der Waals surface area contributed by atoms with Crippen molar-refractivity contribution in [2.45, 2.75) is 37.7 Å². The van der Waals surface area contributed by atoms with E-state index in [1.54, 1.807) is 6.26 Å². The fourth-order valence-electron chi connectivity index (χ4n) is 4.59. The zero-order valence-corrected chi connectivity index (χ0v) is 14.2. The highest BCUT2D eigenvalue weighted by atomic mass is 16.4. The molecule has 3 atom stereocenters. The Morgan fingerprint density at radius 2 is 1.88 bits per heavy atom. The lowest BCUT2D eigenvalue weighted by atomic mass is 9.87. The van der Waals surface area contributed by atoms with Crippen molar-refractivity contribution in [1.82, 2.24) is 4.90 Å². The van der Waals surface area contributed by atoms with E-state index in [1.807, 2.05) is 42.5 Å². The van der Waals surface area contributed by atoms with Gasteiger partial charge in [-0.05, 0) is 55.3 Å². The largest absolute Gasteiger partial charge is 0.466 e. The minimum absolute atomic E-state index is 0.644. The summed E-state index contributed by atoms with van der Waals surface area (Å²) in [5.74, 6) is 2.45. The summed E-state index contributed by atoms with van der Waals surface area (Å²) < 4.78 is 5.60. The quantitative estimate of drug-likeness (QED) is 0.902. The van der Waals surface area contributed by atoms with Gasteiger partial charge in [-0.2, -0.15) is 0 Å². The second-order valence-corrected chi connectivity index (χ2v) is 7.59. The van der Waals surface area contributed by atoms with E-state index >= 15 is 0 Å². The average Bonchev–Trinajstić information content (AvgIpc) is 3.25. The molecular weight excluding hydrogens is 298 g/mol. The molecular formula is C21H27NO2. The van der Waals surface area contributed by atoms with Crippen molar-refractivity contribution in [1.29, 1.82) is 0 Å². The van der Waals surface area contributed by atoms with Crippen molar-refractivity contribution in [2.75, 3.05) is 19.6 Å². The van der Waals surface area contributed by atoms with Gasteiger partial charge in [-0.1, -0.05) is 36.8 Å². The summed E-state index contributed by atoms with van der Waals surface area (Å²) in [5.41, 5.74) is -0.132. The van der Waals surface area contributed by atoms with Crippen LogP contribution in [0.4, 0.5) is 0 Å². The number of hydrogen-bond donors (Lipinski definition) is 1. The van der Waals surface area contributed by atoms with E-state index in [-0.39, 0.29) is 0 Å². The highest BCUT2D eigenvalue weighted by molar-refractivity contribution is 5.30. The van der Waals surface area contributed by atoms with Gasteiger partial charge in [0.2, 0.25) is 0 Å². The number of nitrogens with zero attached hydrogens (tertiary/aromatic N) is 1. The van der Waals surface area contributed by atoms with Gasteiger partial charge in [0.25, 0.3) is 0 Å². The number of rotatable bonds is 5. The van der Waals surface area contributed by atoms with Crippen LogP contribution >= 0.6 is 0 Å². The third-order valence-electron chi connectivity index (χ3n) is 5.99. The van der Waals surface area contributed by atoms with Gasteiger partial charge in [0, 0.05) is 19.5 Å². The van der Waals surface area contributed by atoms with Gasteiger partial charge in [-0.25, -0.2) is 0 Å². The maximum Gasteiger partial charge on any atom is 0.148 e. The first-order valence-corrected chi connectivity index (χ1v) is 9.28. The summed E-state index contributed by atoms with van der Waals surface area (Å²) in [7, 11) is 0. The molecule has 24 heavy (non-hydrogen) atoms. The van der Waals surface area contributed by atoms with Crippen LogP contribution in [-0.4, -0.2) is 29.6 Å². The summed E-state index contributed by atoms with van der Waals surface area (Å²) >= 11 is 0. The van der Waals surface area contributed by atoms with E-state index in [0.717, 1.165) is 23.9 Å². The van der Waals surface area contributed by atoms with E-state index in [9.17, 15) is 5.11 Å². The van der Waals surface area contributed by atoms with Crippen LogP contribution in [-0.2, 0) is 5.60 Å². The van der Waals surface area contributed by atoms with Gasteiger partial charge >= 0.3 is 0 Å². The monoisotopic (exact) mass is 325 g/mol. The van der Waals surface area contributed by atoms with Crippen molar-refractivity contribution in [3.8, 4) is 0 Å². The van der Waals surface area contributed by atoms with E-state index in [4.69, 9.17) is 4.42 Å². The van der Waals surface area contributed by atoms with Gasteiger partial charge in [-0.3, -0.25) is 0 Å². The Balaban J connectivity index is 1.50. The van der Waals surface area contributed by atoms with Crippen LogP contribution < -0.4 is 0 Å². The van der Waals surface area contributed by atoms with Gasteiger partial charge in [0.05, 0.1) is 6.26 Å². The number of furan rings is 1. The normalized spacial score (nSPS) is 26.9. The standard InChI is InChI=1S/C21H27NO2/c23-21(20-7-4-14-24-20,19-5-2-1-3-6-19)11-13-22-12-10-17-8-9-18(15-17)16-22/h1-7,14,17-18,23H,8-13,15-16H2/t17-,18-,21-/m0/s1. The number of aliphatic hydroxyl groups is 1. The Morgan fingerprint density at radius 1 is 1.04 bits per heavy atom. The predicted molar refractivity (Wildman–Crippen MR) is 94.7 cm³/mol. The molecule has 128 valence electrons. The molecule has 2 aromatic rings. The first kappa shape index (κ1) is 15.9. The molecule has 0 spiro atoms. The highest BCUT2D eigenvalue weighted by Gasteiger charge is 2.36. The Labute approximate surface area is 144 Å². The second-order valence-electron chi connectivity index (χ2n) is 7.59. The van der Waals surface area contributed by atoms with Crippen LogP contribution in [0.15, 0.2) is 53.1 Å². The Morgan fingerprint density at radius 3 is 2.67 bits per heavy atom. The first-order chi connectivity index (χ1) is 11.7. The minimum atomic E-state index is -1.05. The SMILES string of the molecule is O[C@@](CCN1CC[C@@H]2CC[C@@H](C2)C1)(c1ccccc1)c1ccco1. The molecule has 1 saturated heterocycles. The van der Waals surface area contributed by atoms with Crippen LogP contribution in [0.5, 0.6) is 0 Å². The minimum Gasteiger partial charge on any atom is -0.466 e. The van der Waals surface area contributed by atoms with E-state index in [1.165, 1.54) is 38.8 Å². The number of hydrogen-bond acceptors (Lipinski definition) is 3. The summed E-state index contributed by atoms with van der Waals surface area (Å²) in [6.45, 7) is 3.28. The third-order valence-corrected chi connectivity index (χ3v) is 5.99. The molecule has 4 rings (SSSR count). The predicted octanol–water partition coefficient (Wildman–Crippen LogP) is 4.03. The fourth-order valence-corrected chi connectivity index (χ4v) is 4.59. The van der Waals surface area contributed by atoms with Crippen LogP contribution in [0.2, 0.25) is 0 Å². The molecule has 1 aromatic carbocycles. The molecule has 2 fully saturated rings. The van der Waals surface area contributed by atoms with E-state index < -0.39 is 5.60 Å². The van der Waals surface area contributed by atoms with Crippen LogP contribution in [0.1, 0.15) is 43.4 Å². The maximum atomic E-state index is 11.5. The van der Waals surface area contributed by atoms with Gasteiger partial charge in [0.1, 0.15) is 11.4 Å². The Kier molecular flexibility index (Phi) is 4.47. The van der Waals surface area contributed by atoms with Crippen LogP contribution in [0.25, 0.3) is 0 Å². The molecule has 1 aliphatic heterocycles. The van der Waals surface area contributed by atoms with Crippen molar-refractivity contribution >= 4 is 0 Å². The number of benzene rings is 1. The van der Waals surface area contributed by atoms with E-state index in [2.05, 4.69) is 4.90 Å². The molecule has 1 N–H and O–H groups in total. The molecule has 3 heteroatoms. The molecule has 0 radical (unpaired) electrons. The molecule has 1 saturated carbocycles. The molecule has 0 unspecified atom stereocenters. The summed E-state index contributed by atoms with van der Waals surface area (Å²) in [6.07, 6.45) is 7.87. The fraction of sp³-hybridized carbons (Fsp3) is 0.524. The topological polar surface area (TPSA) is 36.6 Å². The lowest BCUT2D eigenvalue weighted by Crippen LogP contribution is -2.36. The average molecular weight is 325 g/mol. The molecule has 0 amide bonds. The van der Waals surface area contributed by atoms with Crippen molar-refractivity contribution in [3.05, 3.63) is 60.1 Å². The zero-order chi connectivity index (χ0) is 16.4. The van der Waals surface area contributed by atoms with Crippen LogP contribution in [0, 0.1) is 11.8 Å². The maximum absolute atomic E-state index is 11.5. The summed E-state index contributed by atoms with van der Waals surface area (Å²) in [6, 6.07) is 13.7.